The predicted octanol–water partition coefficient (Wildman–Crippen LogP) is 5.91. The molecule has 0 amide bonds. The third-order valence-corrected chi connectivity index (χ3v) is 5.88. The molecule has 4 nitrogen and oxygen atoms in total. The number of halogens is 3. The van der Waals surface area contributed by atoms with Crippen molar-refractivity contribution in [3.63, 3.8) is 0 Å². The summed E-state index contributed by atoms with van der Waals surface area (Å²) in [5.41, 5.74) is 3.97. The molecule has 1 aromatic carbocycles. The second kappa shape index (κ2) is 9.14. The summed E-state index contributed by atoms with van der Waals surface area (Å²) in [6, 6.07) is 9.69. The standard InChI is InChI=1S/C22H23F3N2O2S/c1-14(2)20-19(13-28)15(3)27(12-16-8-10-26-11-9-16)21(20)30-18-6-4-17(5-7-18)29-22(23,24)25/h4-11,14,28H,12-13H2,1-3H3. The Bertz CT molecular complexity index is 984. The molecule has 0 radical (unpaired) electrons. The fourth-order valence-electron chi connectivity index (χ4n) is 3.37. The van der Waals surface area contributed by atoms with E-state index in [2.05, 4.69) is 28.1 Å². The van der Waals surface area contributed by atoms with Gasteiger partial charge in [-0.3, -0.25) is 4.98 Å². The van der Waals surface area contributed by atoms with Crippen LogP contribution in [0, 0.1) is 6.92 Å². The molecular formula is C22H23F3N2O2S. The third kappa shape index (κ3) is 5.17. The van der Waals surface area contributed by atoms with Gasteiger partial charge in [-0.15, -0.1) is 13.2 Å². The monoisotopic (exact) mass is 436 g/mol. The highest BCUT2D eigenvalue weighted by Crippen LogP contribution is 2.40. The first-order valence-corrected chi connectivity index (χ1v) is 10.3. The van der Waals surface area contributed by atoms with Crippen LogP contribution in [0.2, 0.25) is 0 Å². The van der Waals surface area contributed by atoms with E-state index in [1.54, 1.807) is 24.5 Å². The Balaban J connectivity index is 1.99. The molecule has 0 bridgehead atoms. The Morgan fingerprint density at radius 3 is 2.27 bits per heavy atom. The van der Waals surface area contributed by atoms with Crippen LogP contribution in [0.1, 0.15) is 42.1 Å². The molecule has 1 N–H and O–H groups in total. The average Bonchev–Trinajstić information content (AvgIpc) is 2.94. The lowest BCUT2D eigenvalue weighted by Gasteiger charge is -2.15. The van der Waals surface area contributed by atoms with E-state index in [1.165, 1.54) is 23.9 Å². The minimum Gasteiger partial charge on any atom is -0.406 e. The van der Waals surface area contributed by atoms with Crippen molar-refractivity contribution in [2.24, 2.45) is 0 Å². The van der Waals surface area contributed by atoms with Gasteiger partial charge < -0.3 is 14.4 Å². The zero-order valence-corrected chi connectivity index (χ0v) is 17.7. The number of pyridine rings is 1. The summed E-state index contributed by atoms with van der Waals surface area (Å²) in [6.45, 7) is 6.63. The first kappa shape index (κ1) is 22.2. The molecule has 0 spiro atoms. The van der Waals surface area contributed by atoms with Crippen molar-refractivity contribution in [2.45, 2.75) is 56.1 Å². The SMILES string of the molecule is Cc1c(CO)c(C(C)C)c(Sc2ccc(OC(F)(F)F)cc2)n1Cc1ccncc1. The number of aliphatic hydroxyl groups is 1. The van der Waals surface area contributed by atoms with Crippen LogP contribution in [-0.4, -0.2) is 21.0 Å². The van der Waals surface area contributed by atoms with Crippen molar-refractivity contribution in [1.29, 1.82) is 0 Å². The van der Waals surface area contributed by atoms with Crippen LogP contribution >= 0.6 is 11.8 Å². The van der Waals surface area contributed by atoms with E-state index in [0.717, 1.165) is 32.3 Å². The van der Waals surface area contributed by atoms with Crippen molar-refractivity contribution in [3.05, 3.63) is 71.2 Å². The van der Waals surface area contributed by atoms with E-state index < -0.39 is 6.36 Å². The van der Waals surface area contributed by atoms with Gasteiger partial charge in [-0.1, -0.05) is 25.6 Å². The summed E-state index contributed by atoms with van der Waals surface area (Å²) in [5.74, 6) is -0.0878. The van der Waals surface area contributed by atoms with Gasteiger partial charge in [0.1, 0.15) is 5.75 Å². The fraction of sp³-hybridized carbons (Fsp3) is 0.318. The lowest BCUT2D eigenvalue weighted by Crippen LogP contribution is -2.16. The van der Waals surface area contributed by atoms with Gasteiger partial charge in [-0.2, -0.15) is 0 Å². The Morgan fingerprint density at radius 2 is 1.73 bits per heavy atom. The zero-order chi connectivity index (χ0) is 21.9. The van der Waals surface area contributed by atoms with Crippen LogP contribution < -0.4 is 4.74 Å². The topological polar surface area (TPSA) is 47.3 Å². The minimum atomic E-state index is -4.72. The number of nitrogens with zero attached hydrogens (tertiary/aromatic N) is 2. The van der Waals surface area contributed by atoms with E-state index in [1.807, 2.05) is 19.1 Å². The maximum Gasteiger partial charge on any atom is 0.573 e. The molecule has 2 heterocycles. The number of ether oxygens (including phenoxy) is 1. The second-order valence-corrected chi connectivity index (χ2v) is 8.22. The highest BCUT2D eigenvalue weighted by atomic mass is 32.2. The quantitative estimate of drug-likeness (QED) is 0.501. The Morgan fingerprint density at radius 1 is 1.10 bits per heavy atom. The minimum absolute atomic E-state index is 0.0748. The first-order chi connectivity index (χ1) is 14.2. The number of benzene rings is 1. The summed E-state index contributed by atoms with van der Waals surface area (Å²) in [4.78, 5) is 4.84. The summed E-state index contributed by atoms with van der Waals surface area (Å²) < 4.78 is 43.4. The molecule has 0 aliphatic carbocycles. The van der Waals surface area contributed by atoms with Crippen molar-refractivity contribution in [1.82, 2.24) is 9.55 Å². The Hall–Kier alpha value is -2.45. The van der Waals surface area contributed by atoms with Crippen LogP contribution in [0.25, 0.3) is 0 Å². The number of rotatable bonds is 7. The number of aliphatic hydroxyl groups excluding tert-OH is 1. The average molecular weight is 436 g/mol. The molecule has 3 rings (SSSR count). The van der Waals surface area contributed by atoms with Crippen LogP contribution in [-0.2, 0) is 13.2 Å². The molecule has 0 saturated heterocycles. The third-order valence-electron chi connectivity index (χ3n) is 4.74. The molecule has 30 heavy (non-hydrogen) atoms. The predicted molar refractivity (Wildman–Crippen MR) is 110 cm³/mol. The van der Waals surface area contributed by atoms with Crippen molar-refractivity contribution < 1.29 is 23.0 Å². The molecule has 0 atom stereocenters. The van der Waals surface area contributed by atoms with Gasteiger partial charge in [0, 0.05) is 35.1 Å². The van der Waals surface area contributed by atoms with E-state index >= 15 is 0 Å². The van der Waals surface area contributed by atoms with Gasteiger partial charge in [0.05, 0.1) is 11.6 Å². The molecule has 2 aromatic heterocycles. The molecule has 3 aromatic rings. The lowest BCUT2D eigenvalue weighted by molar-refractivity contribution is -0.274. The maximum atomic E-state index is 12.4. The largest absolute Gasteiger partial charge is 0.573 e. The smallest absolute Gasteiger partial charge is 0.406 e. The summed E-state index contributed by atoms with van der Waals surface area (Å²) in [7, 11) is 0. The van der Waals surface area contributed by atoms with Crippen LogP contribution in [0.4, 0.5) is 13.2 Å². The van der Waals surface area contributed by atoms with Crippen LogP contribution in [0.5, 0.6) is 5.75 Å². The van der Waals surface area contributed by atoms with Crippen molar-refractivity contribution >= 4 is 11.8 Å². The number of aromatic nitrogens is 2. The van der Waals surface area contributed by atoms with E-state index in [4.69, 9.17) is 0 Å². The number of alkyl halides is 3. The molecule has 0 saturated carbocycles. The molecule has 0 unspecified atom stereocenters. The fourth-order valence-corrected chi connectivity index (χ4v) is 4.65. The summed E-state index contributed by atoms with van der Waals surface area (Å²) in [6.07, 6.45) is -1.25. The van der Waals surface area contributed by atoms with E-state index in [-0.39, 0.29) is 18.3 Å². The molecule has 8 heteroatoms. The molecule has 160 valence electrons. The van der Waals surface area contributed by atoms with Gasteiger partial charge in [-0.05, 0) is 60.4 Å². The molecular weight excluding hydrogens is 413 g/mol. The molecule has 0 aliphatic rings. The van der Waals surface area contributed by atoms with Crippen molar-refractivity contribution in [3.8, 4) is 5.75 Å². The highest BCUT2D eigenvalue weighted by Gasteiger charge is 2.31. The van der Waals surface area contributed by atoms with E-state index in [9.17, 15) is 18.3 Å². The highest BCUT2D eigenvalue weighted by molar-refractivity contribution is 7.99. The molecule has 0 fully saturated rings. The molecule has 0 aliphatic heterocycles. The van der Waals surface area contributed by atoms with E-state index in [0.29, 0.717) is 6.54 Å². The van der Waals surface area contributed by atoms with Gasteiger partial charge in [0.25, 0.3) is 0 Å². The number of hydrogen-bond acceptors (Lipinski definition) is 4. The van der Waals surface area contributed by atoms with Gasteiger partial charge in [0.2, 0.25) is 0 Å². The van der Waals surface area contributed by atoms with Crippen LogP contribution in [0.15, 0.2) is 58.7 Å². The van der Waals surface area contributed by atoms with Crippen LogP contribution in [0.3, 0.4) is 0 Å². The van der Waals surface area contributed by atoms with Gasteiger partial charge in [0.15, 0.2) is 0 Å². The van der Waals surface area contributed by atoms with Crippen molar-refractivity contribution in [2.75, 3.05) is 0 Å². The zero-order valence-electron chi connectivity index (χ0n) is 16.9. The lowest BCUT2D eigenvalue weighted by atomic mass is 10.0. The normalized spacial score (nSPS) is 11.9. The summed E-state index contributed by atoms with van der Waals surface area (Å²) >= 11 is 1.46. The second-order valence-electron chi connectivity index (χ2n) is 7.16. The Kier molecular flexibility index (Phi) is 6.77. The van der Waals surface area contributed by atoms with Gasteiger partial charge >= 0.3 is 6.36 Å². The first-order valence-electron chi connectivity index (χ1n) is 9.45. The Labute approximate surface area is 177 Å². The summed E-state index contributed by atoms with van der Waals surface area (Å²) in [5, 5.41) is 11.0. The van der Waals surface area contributed by atoms with Gasteiger partial charge in [-0.25, -0.2) is 0 Å². The maximum absolute atomic E-state index is 12.4. The number of hydrogen-bond donors (Lipinski definition) is 1.